The molecule has 0 spiro atoms. The van der Waals surface area contributed by atoms with Gasteiger partial charge in [-0.25, -0.2) is 9.97 Å². The van der Waals surface area contributed by atoms with Gasteiger partial charge in [0.25, 0.3) is 0 Å². The summed E-state index contributed by atoms with van der Waals surface area (Å²) >= 11 is 0. The van der Waals surface area contributed by atoms with Crippen molar-refractivity contribution in [2.45, 2.75) is 38.6 Å². The Labute approximate surface area is 170 Å². The Bertz CT molecular complexity index is 1140. The highest BCUT2D eigenvalue weighted by atomic mass is 16.4. The molecule has 5 heteroatoms. The molecule has 1 saturated heterocycles. The Balaban J connectivity index is 1.54. The van der Waals surface area contributed by atoms with E-state index in [-0.39, 0.29) is 12.0 Å². The number of nitrogens with zero attached hydrogens (tertiary/aromatic N) is 4. The second kappa shape index (κ2) is 7.32. The molecule has 0 bridgehead atoms. The molecule has 0 N–H and O–H groups in total. The predicted molar refractivity (Wildman–Crippen MR) is 115 cm³/mol. The number of benzene rings is 2. The normalized spacial score (nSPS) is 16.8. The molecular weight excluding hydrogens is 360 g/mol. The van der Waals surface area contributed by atoms with E-state index in [1.807, 2.05) is 48.7 Å². The molecule has 1 aliphatic heterocycles. The highest BCUT2D eigenvalue weighted by Gasteiger charge is 2.33. The first-order valence-corrected chi connectivity index (χ1v) is 10.2. The van der Waals surface area contributed by atoms with Crippen LogP contribution in [0, 0.1) is 0 Å². The van der Waals surface area contributed by atoms with E-state index in [4.69, 9.17) is 14.4 Å². The van der Waals surface area contributed by atoms with Gasteiger partial charge in [-0.05, 0) is 25.0 Å². The first kappa shape index (κ1) is 17.9. The van der Waals surface area contributed by atoms with Crippen molar-refractivity contribution < 1.29 is 4.42 Å². The quantitative estimate of drug-likeness (QED) is 0.448. The first-order valence-electron chi connectivity index (χ1n) is 10.2. The molecule has 1 atom stereocenters. The van der Waals surface area contributed by atoms with Crippen molar-refractivity contribution in [2.24, 2.45) is 0 Å². The SMILES string of the molecule is CC(C)c1oc([C@H]2CCCN2c2cnc3ccccc3n2)nc1-c1ccccc1. The molecule has 0 saturated carbocycles. The van der Waals surface area contributed by atoms with Crippen LogP contribution in [0.2, 0.25) is 0 Å². The predicted octanol–water partition coefficient (Wildman–Crippen LogP) is 5.75. The van der Waals surface area contributed by atoms with Crippen molar-refractivity contribution in [3.63, 3.8) is 0 Å². The fourth-order valence-corrected chi connectivity index (χ4v) is 4.07. The first-order chi connectivity index (χ1) is 14.2. The lowest BCUT2D eigenvalue weighted by atomic mass is 10.0. The van der Waals surface area contributed by atoms with Gasteiger partial charge in [0.15, 0.2) is 0 Å². The Hall–Kier alpha value is -3.21. The summed E-state index contributed by atoms with van der Waals surface area (Å²) < 4.78 is 6.35. The van der Waals surface area contributed by atoms with Crippen molar-refractivity contribution in [3.8, 4) is 11.3 Å². The molecule has 2 aromatic heterocycles. The zero-order chi connectivity index (χ0) is 19.8. The van der Waals surface area contributed by atoms with Gasteiger partial charge in [-0.3, -0.25) is 4.98 Å². The van der Waals surface area contributed by atoms with E-state index < -0.39 is 0 Å². The molecule has 29 heavy (non-hydrogen) atoms. The molecule has 5 rings (SSSR count). The van der Waals surface area contributed by atoms with Gasteiger partial charge in [0.05, 0.1) is 17.2 Å². The summed E-state index contributed by atoms with van der Waals surface area (Å²) in [5.74, 6) is 2.88. The van der Waals surface area contributed by atoms with Gasteiger partial charge >= 0.3 is 0 Å². The Morgan fingerprint density at radius 2 is 1.72 bits per heavy atom. The highest BCUT2D eigenvalue weighted by molar-refractivity contribution is 5.75. The molecule has 146 valence electrons. The maximum Gasteiger partial charge on any atom is 0.217 e. The van der Waals surface area contributed by atoms with Crippen molar-refractivity contribution in [3.05, 3.63) is 72.4 Å². The number of fused-ring (bicyclic) bond motifs is 1. The lowest BCUT2D eigenvalue weighted by Crippen LogP contribution is -2.24. The number of hydrogen-bond donors (Lipinski definition) is 0. The van der Waals surface area contributed by atoms with Crippen molar-refractivity contribution in [1.29, 1.82) is 0 Å². The van der Waals surface area contributed by atoms with Gasteiger partial charge in [-0.2, -0.15) is 0 Å². The van der Waals surface area contributed by atoms with Crippen molar-refractivity contribution in [1.82, 2.24) is 15.0 Å². The summed E-state index contributed by atoms with van der Waals surface area (Å²) in [6.07, 6.45) is 3.95. The van der Waals surface area contributed by atoms with Gasteiger partial charge in [-0.1, -0.05) is 56.3 Å². The van der Waals surface area contributed by atoms with Crippen LogP contribution < -0.4 is 4.90 Å². The number of rotatable bonds is 4. The summed E-state index contributed by atoms with van der Waals surface area (Å²) in [6, 6.07) is 18.4. The van der Waals surface area contributed by atoms with Gasteiger partial charge in [-0.15, -0.1) is 0 Å². The minimum absolute atomic E-state index is 0.0837. The van der Waals surface area contributed by atoms with Crippen LogP contribution in [0.5, 0.6) is 0 Å². The zero-order valence-electron chi connectivity index (χ0n) is 16.7. The second-order valence-electron chi connectivity index (χ2n) is 7.85. The van der Waals surface area contributed by atoms with Gasteiger partial charge < -0.3 is 9.32 Å². The minimum Gasteiger partial charge on any atom is -0.442 e. The van der Waals surface area contributed by atoms with E-state index in [2.05, 4.69) is 35.9 Å². The summed E-state index contributed by atoms with van der Waals surface area (Å²) in [7, 11) is 0. The van der Waals surface area contributed by atoms with Crippen LogP contribution in [-0.4, -0.2) is 21.5 Å². The van der Waals surface area contributed by atoms with Crippen molar-refractivity contribution >= 4 is 16.9 Å². The average Bonchev–Trinajstić information content (AvgIpc) is 3.41. The van der Waals surface area contributed by atoms with Crippen LogP contribution in [0.4, 0.5) is 5.82 Å². The lowest BCUT2D eigenvalue weighted by Gasteiger charge is -2.23. The van der Waals surface area contributed by atoms with Gasteiger partial charge in [0.1, 0.15) is 23.3 Å². The summed E-state index contributed by atoms with van der Waals surface area (Å²) in [5.41, 5.74) is 3.88. The molecule has 5 nitrogen and oxygen atoms in total. The molecule has 1 fully saturated rings. The highest BCUT2D eigenvalue weighted by Crippen LogP contribution is 2.39. The molecule has 0 unspecified atom stereocenters. The molecule has 0 radical (unpaired) electrons. The number of hydrogen-bond acceptors (Lipinski definition) is 5. The third-order valence-electron chi connectivity index (χ3n) is 5.51. The molecule has 0 amide bonds. The molecule has 1 aliphatic rings. The van der Waals surface area contributed by atoms with E-state index in [1.165, 1.54) is 0 Å². The Morgan fingerprint density at radius 1 is 0.966 bits per heavy atom. The molecule has 3 heterocycles. The van der Waals surface area contributed by atoms with E-state index in [0.717, 1.165) is 59.1 Å². The second-order valence-corrected chi connectivity index (χ2v) is 7.85. The maximum atomic E-state index is 6.35. The number of oxazole rings is 1. The van der Waals surface area contributed by atoms with Crippen LogP contribution in [0.25, 0.3) is 22.3 Å². The van der Waals surface area contributed by atoms with E-state index >= 15 is 0 Å². The van der Waals surface area contributed by atoms with E-state index in [9.17, 15) is 0 Å². The summed E-state index contributed by atoms with van der Waals surface area (Å²) in [6.45, 7) is 5.23. The molecular formula is C24H24N4O. The third kappa shape index (κ3) is 3.27. The summed E-state index contributed by atoms with van der Waals surface area (Å²) in [5, 5.41) is 0. The number of aromatic nitrogens is 3. The fraction of sp³-hybridized carbons (Fsp3) is 0.292. The van der Waals surface area contributed by atoms with Crippen LogP contribution in [0.1, 0.15) is 50.3 Å². The van der Waals surface area contributed by atoms with E-state index in [1.54, 1.807) is 0 Å². The molecule has 0 aliphatic carbocycles. The van der Waals surface area contributed by atoms with Crippen LogP contribution in [0.15, 0.2) is 65.2 Å². The third-order valence-corrected chi connectivity index (χ3v) is 5.51. The Kier molecular flexibility index (Phi) is 4.51. The van der Waals surface area contributed by atoms with Gasteiger partial charge in [0, 0.05) is 18.0 Å². The topological polar surface area (TPSA) is 55.1 Å². The van der Waals surface area contributed by atoms with Crippen molar-refractivity contribution in [2.75, 3.05) is 11.4 Å². The van der Waals surface area contributed by atoms with Gasteiger partial charge in [0.2, 0.25) is 5.89 Å². The standard InChI is InChI=1S/C24H24N4O/c1-16(2)23-22(17-9-4-3-5-10-17)27-24(29-23)20-13-8-14-28(20)21-15-25-18-11-6-7-12-19(18)26-21/h3-7,9-12,15-16,20H,8,13-14H2,1-2H3/t20-/m1/s1. The van der Waals surface area contributed by atoms with Crippen LogP contribution in [-0.2, 0) is 0 Å². The average molecular weight is 384 g/mol. The molecule has 4 aromatic rings. The minimum atomic E-state index is 0.0837. The Morgan fingerprint density at radius 3 is 2.52 bits per heavy atom. The van der Waals surface area contributed by atoms with E-state index in [0.29, 0.717) is 0 Å². The number of anilines is 1. The monoisotopic (exact) mass is 384 g/mol. The fourth-order valence-electron chi connectivity index (χ4n) is 4.07. The molecule has 2 aromatic carbocycles. The largest absolute Gasteiger partial charge is 0.442 e. The zero-order valence-corrected chi connectivity index (χ0v) is 16.7. The maximum absolute atomic E-state index is 6.35. The van der Waals surface area contributed by atoms with Crippen LogP contribution >= 0.6 is 0 Å². The smallest absolute Gasteiger partial charge is 0.217 e. The number of para-hydroxylation sites is 2. The summed E-state index contributed by atoms with van der Waals surface area (Å²) in [4.78, 5) is 16.7. The lowest BCUT2D eigenvalue weighted by molar-refractivity contribution is 0.408. The van der Waals surface area contributed by atoms with Crippen LogP contribution in [0.3, 0.4) is 0 Å².